The summed E-state index contributed by atoms with van der Waals surface area (Å²) in [6.45, 7) is 1.91. The monoisotopic (exact) mass is 242 g/mol. The third-order valence-electron chi connectivity index (χ3n) is 2.32. The third kappa shape index (κ3) is 3.72. The fourth-order valence-corrected chi connectivity index (χ4v) is 1.35. The number of anilines is 1. The zero-order chi connectivity index (χ0) is 12.7. The van der Waals surface area contributed by atoms with Gasteiger partial charge >= 0.3 is 0 Å². The second kappa shape index (κ2) is 6.87. The average molecular weight is 242 g/mol. The van der Waals surface area contributed by atoms with Crippen LogP contribution in [0.15, 0.2) is 6.20 Å². The number of aromatic nitrogens is 2. The largest absolute Gasteiger partial charge is 0.383 e. The number of nitrogens with two attached hydrogens (primary N) is 1. The summed E-state index contributed by atoms with van der Waals surface area (Å²) in [6, 6.07) is 0. The van der Waals surface area contributed by atoms with Crippen molar-refractivity contribution in [2.24, 2.45) is 0 Å². The van der Waals surface area contributed by atoms with Crippen molar-refractivity contribution in [2.75, 3.05) is 46.3 Å². The number of H-pyrrole nitrogens is 1. The molecule has 0 aliphatic carbocycles. The first-order chi connectivity index (χ1) is 8.20. The number of nitrogen functional groups attached to an aromatic ring is 1. The van der Waals surface area contributed by atoms with E-state index >= 15 is 0 Å². The lowest BCUT2D eigenvalue weighted by molar-refractivity contribution is 0.0628. The molecule has 1 aromatic heterocycles. The van der Waals surface area contributed by atoms with Crippen molar-refractivity contribution in [3.05, 3.63) is 11.8 Å². The fourth-order valence-electron chi connectivity index (χ4n) is 1.35. The molecule has 1 heterocycles. The van der Waals surface area contributed by atoms with Crippen LogP contribution in [0, 0.1) is 0 Å². The molecule has 7 heteroatoms. The summed E-state index contributed by atoms with van der Waals surface area (Å²) in [4.78, 5) is 13.7. The van der Waals surface area contributed by atoms with Gasteiger partial charge in [-0.1, -0.05) is 0 Å². The lowest BCUT2D eigenvalue weighted by Gasteiger charge is -2.21. The molecule has 0 saturated heterocycles. The first kappa shape index (κ1) is 13.5. The van der Waals surface area contributed by atoms with Crippen LogP contribution in [0.1, 0.15) is 10.4 Å². The Morgan fingerprint density at radius 1 is 1.41 bits per heavy atom. The molecule has 1 rings (SSSR count). The van der Waals surface area contributed by atoms with Gasteiger partial charge in [0.15, 0.2) is 0 Å². The van der Waals surface area contributed by atoms with Gasteiger partial charge in [-0.15, -0.1) is 0 Å². The zero-order valence-corrected chi connectivity index (χ0v) is 10.1. The minimum Gasteiger partial charge on any atom is -0.383 e. The standard InChI is InChI=1S/C10H18N4O3/c1-16-5-3-14(4-6-17-2)10(15)8-7-12-13-9(8)11/h7H,3-6H2,1-2H3,(H3,11,12,13). The van der Waals surface area contributed by atoms with Crippen molar-refractivity contribution >= 4 is 11.7 Å². The van der Waals surface area contributed by atoms with Crippen molar-refractivity contribution in [1.82, 2.24) is 15.1 Å². The number of hydrogen-bond donors (Lipinski definition) is 2. The van der Waals surface area contributed by atoms with E-state index in [1.807, 2.05) is 0 Å². The van der Waals surface area contributed by atoms with Crippen LogP contribution in [-0.2, 0) is 9.47 Å². The average Bonchev–Trinajstić information content (AvgIpc) is 2.75. The van der Waals surface area contributed by atoms with Crippen molar-refractivity contribution in [3.63, 3.8) is 0 Å². The first-order valence-corrected chi connectivity index (χ1v) is 5.26. The molecule has 0 atom stereocenters. The van der Waals surface area contributed by atoms with E-state index in [1.54, 1.807) is 19.1 Å². The third-order valence-corrected chi connectivity index (χ3v) is 2.32. The lowest BCUT2D eigenvalue weighted by atomic mass is 10.3. The van der Waals surface area contributed by atoms with Gasteiger partial charge in [-0.05, 0) is 0 Å². The van der Waals surface area contributed by atoms with E-state index in [-0.39, 0.29) is 11.7 Å². The summed E-state index contributed by atoms with van der Waals surface area (Å²) in [5, 5.41) is 6.26. The van der Waals surface area contributed by atoms with Crippen molar-refractivity contribution in [3.8, 4) is 0 Å². The molecule has 1 amide bonds. The van der Waals surface area contributed by atoms with E-state index in [0.717, 1.165) is 0 Å². The number of nitrogens with one attached hydrogen (secondary N) is 1. The number of rotatable bonds is 7. The highest BCUT2D eigenvalue weighted by Crippen LogP contribution is 2.09. The Balaban J connectivity index is 2.68. The maximum atomic E-state index is 12.1. The Morgan fingerprint density at radius 2 is 2.00 bits per heavy atom. The molecule has 0 saturated carbocycles. The summed E-state index contributed by atoms with van der Waals surface area (Å²) >= 11 is 0. The van der Waals surface area contributed by atoms with Gasteiger partial charge in [-0.3, -0.25) is 9.89 Å². The number of hydrogen-bond acceptors (Lipinski definition) is 5. The molecule has 96 valence electrons. The van der Waals surface area contributed by atoms with E-state index in [4.69, 9.17) is 15.2 Å². The van der Waals surface area contributed by atoms with Crippen LogP contribution in [0.5, 0.6) is 0 Å². The second-order valence-corrected chi connectivity index (χ2v) is 3.48. The van der Waals surface area contributed by atoms with Gasteiger partial charge in [0.05, 0.1) is 19.4 Å². The van der Waals surface area contributed by atoms with Gasteiger partial charge in [0.25, 0.3) is 5.91 Å². The smallest absolute Gasteiger partial charge is 0.259 e. The highest BCUT2D eigenvalue weighted by molar-refractivity contribution is 5.98. The van der Waals surface area contributed by atoms with Gasteiger partial charge in [-0.2, -0.15) is 5.10 Å². The van der Waals surface area contributed by atoms with Crippen LogP contribution in [0.3, 0.4) is 0 Å². The van der Waals surface area contributed by atoms with Crippen LogP contribution in [0.2, 0.25) is 0 Å². The normalized spacial score (nSPS) is 10.5. The number of methoxy groups -OCH3 is 2. The van der Waals surface area contributed by atoms with Crippen LogP contribution >= 0.6 is 0 Å². The predicted molar refractivity (Wildman–Crippen MR) is 62.7 cm³/mol. The lowest BCUT2D eigenvalue weighted by Crippen LogP contribution is -2.36. The maximum absolute atomic E-state index is 12.1. The Kier molecular flexibility index (Phi) is 5.44. The Hall–Kier alpha value is -1.60. The quantitative estimate of drug-likeness (QED) is 0.686. The molecule has 17 heavy (non-hydrogen) atoms. The SMILES string of the molecule is COCCN(CCOC)C(=O)c1cn[nH]c1N. The maximum Gasteiger partial charge on any atom is 0.259 e. The number of carbonyl (C=O) groups excluding carboxylic acids is 1. The summed E-state index contributed by atoms with van der Waals surface area (Å²) in [6.07, 6.45) is 1.42. The minimum absolute atomic E-state index is 0.176. The van der Waals surface area contributed by atoms with Crippen LogP contribution in [0.4, 0.5) is 5.82 Å². The molecule has 0 unspecified atom stereocenters. The highest BCUT2D eigenvalue weighted by Gasteiger charge is 2.18. The molecule has 0 aliphatic heterocycles. The van der Waals surface area contributed by atoms with E-state index in [0.29, 0.717) is 31.9 Å². The molecule has 3 N–H and O–H groups in total. The van der Waals surface area contributed by atoms with Gasteiger partial charge in [-0.25, -0.2) is 0 Å². The van der Waals surface area contributed by atoms with Crippen LogP contribution in [-0.4, -0.2) is 61.5 Å². The molecule has 7 nitrogen and oxygen atoms in total. The van der Waals surface area contributed by atoms with E-state index in [2.05, 4.69) is 10.2 Å². The number of aromatic amines is 1. The molecular weight excluding hydrogens is 224 g/mol. The van der Waals surface area contributed by atoms with Gasteiger partial charge < -0.3 is 20.1 Å². The Bertz CT molecular complexity index is 345. The number of carbonyl (C=O) groups is 1. The zero-order valence-electron chi connectivity index (χ0n) is 10.1. The van der Waals surface area contributed by atoms with E-state index in [9.17, 15) is 4.79 Å². The summed E-state index contributed by atoms with van der Waals surface area (Å²) < 4.78 is 9.92. The Morgan fingerprint density at radius 3 is 2.41 bits per heavy atom. The fraction of sp³-hybridized carbons (Fsp3) is 0.600. The number of amides is 1. The first-order valence-electron chi connectivity index (χ1n) is 5.26. The Labute approximate surface area is 99.9 Å². The molecule has 0 bridgehead atoms. The molecule has 0 fully saturated rings. The molecule has 0 aliphatic rings. The summed E-state index contributed by atoms with van der Waals surface area (Å²) in [5.41, 5.74) is 5.98. The van der Waals surface area contributed by atoms with Gasteiger partial charge in [0.2, 0.25) is 0 Å². The highest BCUT2D eigenvalue weighted by atomic mass is 16.5. The second-order valence-electron chi connectivity index (χ2n) is 3.48. The predicted octanol–water partition coefficient (Wildman–Crippen LogP) is -0.273. The molecule has 1 aromatic rings. The molecule has 0 aromatic carbocycles. The summed E-state index contributed by atoms with van der Waals surface area (Å²) in [7, 11) is 3.18. The van der Waals surface area contributed by atoms with Crippen molar-refractivity contribution in [2.45, 2.75) is 0 Å². The van der Waals surface area contributed by atoms with Crippen molar-refractivity contribution in [1.29, 1.82) is 0 Å². The van der Waals surface area contributed by atoms with Crippen LogP contribution < -0.4 is 5.73 Å². The van der Waals surface area contributed by atoms with Gasteiger partial charge in [0, 0.05) is 27.3 Å². The number of ether oxygens (including phenoxy) is 2. The van der Waals surface area contributed by atoms with E-state index < -0.39 is 0 Å². The van der Waals surface area contributed by atoms with Crippen molar-refractivity contribution < 1.29 is 14.3 Å². The minimum atomic E-state index is -0.176. The molecular formula is C10H18N4O3. The summed E-state index contributed by atoms with van der Waals surface area (Å²) in [5.74, 6) is 0.0974. The van der Waals surface area contributed by atoms with Gasteiger partial charge in [0.1, 0.15) is 11.4 Å². The topological polar surface area (TPSA) is 93.5 Å². The number of nitrogens with zero attached hydrogens (tertiary/aromatic N) is 2. The molecule has 0 radical (unpaired) electrons. The van der Waals surface area contributed by atoms with Crippen LogP contribution in [0.25, 0.3) is 0 Å². The van der Waals surface area contributed by atoms with E-state index in [1.165, 1.54) is 6.20 Å². The molecule has 0 spiro atoms.